The second-order valence-electron chi connectivity index (χ2n) is 3.61. The summed E-state index contributed by atoms with van der Waals surface area (Å²) in [5, 5.41) is 9.31. The Morgan fingerprint density at radius 1 is 1.39 bits per heavy atom. The van der Waals surface area contributed by atoms with Crippen LogP contribution in [-0.2, 0) is 4.79 Å². The lowest BCUT2D eigenvalue weighted by Crippen LogP contribution is -2.28. The number of carbonyl (C=O) groups is 1. The third kappa shape index (κ3) is 4.97. The summed E-state index contributed by atoms with van der Waals surface area (Å²) in [5.74, 6) is -0.0143. The highest BCUT2D eigenvalue weighted by Gasteiger charge is 2.01. The van der Waals surface area contributed by atoms with Crippen LogP contribution >= 0.6 is 12.2 Å². The molecule has 0 aliphatic rings. The van der Waals surface area contributed by atoms with E-state index in [1.165, 1.54) is 0 Å². The summed E-state index contributed by atoms with van der Waals surface area (Å²) in [6.07, 6.45) is 2.18. The molecule has 0 fully saturated rings. The van der Waals surface area contributed by atoms with Crippen LogP contribution in [0.5, 0.6) is 0 Å². The molecule has 1 rings (SSSR count). The minimum absolute atomic E-state index is 0.0143. The molecule has 0 aromatic heterocycles. The first-order valence-corrected chi connectivity index (χ1v) is 6.12. The highest BCUT2D eigenvalue weighted by atomic mass is 32.1. The Balaban J connectivity index is 2.61. The summed E-state index contributed by atoms with van der Waals surface area (Å²) in [7, 11) is 0. The standard InChI is InChI=1S/C13H17N3OS/c1-3-8-14-13(18)16-11-7-5-6-10(9-11)15-12(17)4-2/h3,5-7,9H,1,4,8H2,2H3,(H,15,17)(H2,14,16,18). The van der Waals surface area contributed by atoms with E-state index in [1.54, 1.807) is 6.08 Å². The molecule has 0 radical (unpaired) electrons. The quantitative estimate of drug-likeness (QED) is 0.564. The molecule has 0 saturated heterocycles. The van der Waals surface area contributed by atoms with Crippen molar-refractivity contribution in [3.05, 3.63) is 36.9 Å². The van der Waals surface area contributed by atoms with Crippen LogP contribution in [0.1, 0.15) is 13.3 Å². The molecule has 0 atom stereocenters. The fourth-order valence-corrected chi connectivity index (χ4v) is 1.47. The highest BCUT2D eigenvalue weighted by Crippen LogP contribution is 2.15. The van der Waals surface area contributed by atoms with Crippen LogP contribution in [0.2, 0.25) is 0 Å². The van der Waals surface area contributed by atoms with Gasteiger partial charge < -0.3 is 16.0 Å². The number of rotatable bonds is 5. The topological polar surface area (TPSA) is 53.2 Å². The molecule has 18 heavy (non-hydrogen) atoms. The van der Waals surface area contributed by atoms with Crippen molar-refractivity contribution in [1.29, 1.82) is 0 Å². The van der Waals surface area contributed by atoms with Gasteiger partial charge >= 0.3 is 0 Å². The van der Waals surface area contributed by atoms with Crippen molar-refractivity contribution in [3.8, 4) is 0 Å². The van der Waals surface area contributed by atoms with Gasteiger partial charge in [0.1, 0.15) is 0 Å². The summed E-state index contributed by atoms with van der Waals surface area (Å²) in [6, 6.07) is 7.39. The van der Waals surface area contributed by atoms with Crippen molar-refractivity contribution in [2.24, 2.45) is 0 Å². The van der Waals surface area contributed by atoms with Crippen molar-refractivity contribution >= 4 is 34.6 Å². The van der Waals surface area contributed by atoms with E-state index in [0.717, 1.165) is 11.4 Å². The Morgan fingerprint density at radius 2 is 2.06 bits per heavy atom. The average molecular weight is 263 g/mol. The molecule has 0 aliphatic carbocycles. The number of amides is 1. The summed E-state index contributed by atoms with van der Waals surface area (Å²) in [6.45, 7) is 6.02. The number of hydrogen-bond donors (Lipinski definition) is 3. The average Bonchev–Trinajstić information content (AvgIpc) is 2.36. The molecule has 1 aromatic carbocycles. The molecule has 3 N–H and O–H groups in total. The Morgan fingerprint density at radius 3 is 2.67 bits per heavy atom. The van der Waals surface area contributed by atoms with Crippen LogP contribution in [0.15, 0.2) is 36.9 Å². The van der Waals surface area contributed by atoms with Gasteiger partial charge in [-0.05, 0) is 30.4 Å². The number of nitrogens with one attached hydrogen (secondary N) is 3. The largest absolute Gasteiger partial charge is 0.359 e. The molecular weight excluding hydrogens is 246 g/mol. The first-order chi connectivity index (χ1) is 8.65. The van der Waals surface area contributed by atoms with Crippen LogP contribution in [-0.4, -0.2) is 17.6 Å². The Labute approximate surface area is 112 Å². The van der Waals surface area contributed by atoms with Gasteiger partial charge in [0.15, 0.2) is 5.11 Å². The van der Waals surface area contributed by atoms with E-state index in [-0.39, 0.29) is 5.91 Å². The van der Waals surface area contributed by atoms with Gasteiger partial charge in [0.25, 0.3) is 0 Å². The Kier molecular flexibility index (Phi) is 5.87. The minimum Gasteiger partial charge on any atom is -0.359 e. The van der Waals surface area contributed by atoms with Gasteiger partial charge in [-0.25, -0.2) is 0 Å². The maximum atomic E-state index is 11.3. The Hall–Kier alpha value is -1.88. The number of hydrogen-bond acceptors (Lipinski definition) is 2. The first kappa shape index (κ1) is 14.2. The van der Waals surface area contributed by atoms with E-state index < -0.39 is 0 Å². The van der Waals surface area contributed by atoms with Crippen molar-refractivity contribution in [2.45, 2.75) is 13.3 Å². The van der Waals surface area contributed by atoms with Gasteiger partial charge in [0.05, 0.1) is 0 Å². The molecule has 0 saturated carbocycles. The molecule has 96 valence electrons. The van der Waals surface area contributed by atoms with Crippen LogP contribution in [0.3, 0.4) is 0 Å². The van der Waals surface area contributed by atoms with E-state index in [2.05, 4.69) is 22.5 Å². The summed E-state index contributed by atoms with van der Waals surface area (Å²) >= 11 is 5.10. The predicted molar refractivity (Wildman–Crippen MR) is 79.8 cm³/mol. The number of thiocarbonyl (C=S) groups is 1. The summed E-state index contributed by atoms with van der Waals surface area (Å²) in [4.78, 5) is 11.3. The summed E-state index contributed by atoms with van der Waals surface area (Å²) in [5.41, 5.74) is 1.57. The summed E-state index contributed by atoms with van der Waals surface area (Å²) < 4.78 is 0. The van der Waals surface area contributed by atoms with Crippen LogP contribution in [0.4, 0.5) is 11.4 Å². The lowest BCUT2D eigenvalue weighted by molar-refractivity contribution is -0.115. The van der Waals surface area contributed by atoms with E-state index in [4.69, 9.17) is 12.2 Å². The minimum atomic E-state index is -0.0143. The zero-order chi connectivity index (χ0) is 13.4. The molecular formula is C13H17N3OS. The molecule has 0 aliphatic heterocycles. The highest BCUT2D eigenvalue weighted by molar-refractivity contribution is 7.80. The predicted octanol–water partition coefficient (Wildman–Crippen LogP) is 2.51. The van der Waals surface area contributed by atoms with E-state index in [1.807, 2.05) is 31.2 Å². The molecule has 0 unspecified atom stereocenters. The molecule has 0 spiro atoms. The molecule has 4 nitrogen and oxygen atoms in total. The maximum Gasteiger partial charge on any atom is 0.224 e. The van der Waals surface area contributed by atoms with E-state index >= 15 is 0 Å². The SMILES string of the molecule is C=CCNC(=S)Nc1cccc(NC(=O)CC)c1. The van der Waals surface area contributed by atoms with Gasteiger partial charge in [-0.1, -0.05) is 19.1 Å². The lowest BCUT2D eigenvalue weighted by Gasteiger charge is -2.10. The maximum absolute atomic E-state index is 11.3. The fourth-order valence-electron chi connectivity index (χ4n) is 1.26. The molecule has 1 aromatic rings. The normalized spacial score (nSPS) is 9.39. The fraction of sp³-hybridized carbons (Fsp3) is 0.231. The van der Waals surface area contributed by atoms with Crippen molar-refractivity contribution in [3.63, 3.8) is 0 Å². The van der Waals surface area contributed by atoms with Gasteiger partial charge in [-0.2, -0.15) is 0 Å². The lowest BCUT2D eigenvalue weighted by atomic mass is 10.2. The second-order valence-corrected chi connectivity index (χ2v) is 4.01. The van der Waals surface area contributed by atoms with E-state index in [9.17, 15) is 4.79 Å². The van der Waals surface area contributed by atoms with Crippen LogP contribution in [0, 0.1) is 0 Å². The number of anilines is 2. The monoisotopic (exact) mass is 263 g/mol. The number of carbonyl (C=O) groups excluding carboxylic acids is 1. The van der Waals surface area contributed by atoms with Crippen LogP contribution in [0.25, 0.3) is 0 Å². The second kappa shape index (κ2) is 7.45. The van der Waals surface area contributed by atoms with Gasteiger partial charge in [-0.3, -0.25) is 4.79 Å². The van der Waals surface area contributed by atoms with Crippen molar-refractivity contribution in [2.75, 3.05) is 17.2 Å². The zero-order valence-electron chi connectivity index (χ0n) is 10.3. The van der Waals surface area contributed by atoms with Gasteiger partial charge in [0, 0.05) is 24.3 Å². The Bertz CT molecular complexity index is 446. The van der Waals surface area contributed by atoms with Crippen molar-refractivity contribution < 1.29 is 4.79 Å². The van der Waals surface area contributed by atoms with Gasteiger partial charge in [-0.15, -0.1) is 6.58 Å². The molecule has 0 heterocycles. The molecule has 0 bridgehead atoms. The smallest absolute Gasteiger partial charge is 0.224 e. The van der Waals surface area contributed by atoms with Crippen LogP contribution < -0.4 is 16.0 Å². The third-order valence-electron chi connectivity index (χ3n) is 2.13. The first-order valence-electron chi connectivity index (χ1n) is 5.71. The molecule has 1 amide bonds. The van der Waals surface area contributed by atoms with Gasteiger partial charge in [0.2, 0.25) is 5.91 Å². The zero-order valence-corrected chi connectivity index (χ0v) is 11.1. The van der Waals surface area contributed by atoms with E-state index in [0.29, 0.717) is 18.1 Å². The third-order valence-corrected chi connectivity index (χ3v) is 2.38. The molecule has 5 heteroatoms. The number of benzene rings is 1. The van der Waals surface area contributed by atoms with Crippen molar-refractivity contribution in [1.82, 2.24) is 5.32 Å².